The summed E-state index contributed by atoms with van der Waals surface area (Å²) in [4.78, 5) is 14.8. The third kappa shape index (κ3) is 4.85. The second-order valence-corrected chi connectivity index (χ2v) is 14.4. The number of benzene rings is 7. The maximum atomic E-state index is 4.95. The van der Waals surface area contributed by atoms with Crippen LogP contribution >= 0.6 is 0 Å². The maximum Gasteiger partial charge on any atom is 0.164 e. The quantitative estimate of drug-likeness (QED) is 0.184. The van der Waals surface area contributed by atoms with Gasteiger partial charge in [-0.15, -0.1) is 0 Å². The third-order valence-electron chi connectivity index (χ3n) is 11.0. The molecule has 8 aromatic rings. The van der Waals surface area contributed by atoms with Gasteiger partial charge in [-0.3, -0.25) is 0 Å². The Kier molecular flexibility index (Phi) is 6.91. The van der Waals surface area contributed by atoms with Crippen molar-refractivity contribution in [1.82, 2.24) is 15.0 Å². The first-order valence-electron chi connectivity index (χ1n) is 18.0. The Balaban J connectivity index is 1.01. The molecule has 7 aromatic carbocycles. The van der Waals surface area contributed by atoms with E-state index >= 15 is 0 Å². The summed E-state index contributed by atoms with van der Waals surface area (Å²) in [6, 6.07) is 58.5. The molecule has 2 aliphatic rings. The van der Waals surface area contributed by atoms with Gasteiger partial charge in [0.25, 0.3) is 0 Å². The smallest absolute Gasteiger partial charge is 0.164 e. The van der Waals surface area contributed by atoms with Gasteiger partial charge in [-0.2, -0.15) is 0 Å². The van der Waals surface area contributed by atoms with Crippen LogP contribution in [0, 0.1) is 0 Å². The fourth-order valence-electron chi connectivity index (χ4n) is 8.40. The van der Waals surface area contributed by atoms with Gasteiger partial charge >= 0.3 is 0 Å². The predicted octanol–water partition coefficient (Wildman–Crippen LogP) is 12.1. The van der Waals surface area contributed by atoms with Gasteiger partial charge in [0.05, 0.1) is 0 Å². The molecule has 0 unspecified atom stereocenters. The van der Waals surface area contributed by atoms with Crippen LogP contribution in [0.1, 0.15) is 36.1 Å². The summed E-state index contributed by atoms with van der Waals surface area (Å²) in [6.07, 6.45) is 0.895. The molecule has 52 heavy (non-hydrogen) atoms. The minimum atomic E-state index is 0.00166. The van der Waals surface area contributed by atoms with Crippen LogP contribution in [-0.2, 0) is 11.8 Å². The lowest BCUT2D eigenvalue weighted by atomic mass is 9.82. The van der Waals surface area contributed by atoms with Gasteiger partial charge in [-0.05, 0) is 79.2 Å². The first-order valence-corrected chi connectivity index (χ1v) is 18.0. The highest BCUT2D eigenvalue weighted by Gasteiger charge is 2.35. The molecule has 0 bridgehead atoms. The van der Waals surface area contributed by atoms with E-state index in [9.17, 15) is 0 Å². The summed E-state index contributed by atoms with van der Waals surface area (Å²) >= 11 is 0. The molecule has 0 aliphatic heterocycles. The molecule has 0 radical (unpaired) electrons. The molecule has 3 nitrogen and oxygen atoms in total. The van der Waals surface area contributed by atoms with Crippen molar-refractivity contribution in [2.75, 3.05) is 0 Å². The summed E-state index contributed by atoms with van der Waals surface area (Å²) < 4.78 is 0. The van der Waals surface area contributed by atoms with Crippen molar-refractivity contribution in [3.05, 3.63) is 186 Å². The summed E-state index contributed by atoms with van der Waals surface area (Å²) in [7, 11) is 0. The number of hydrogen-bond acceptors (Lipinski definition) is 3. The molecular formula is C49H35N3. The highest BCUT2D eigenvalue weighted by molar-refractivity contribution is 5.91. The lowest BCUT2D eigenvalue weighted by Gasteiger charge is -2.21. The van der Waals surface area contributed by atoms with E-state index in [0.29, 0.717) is 17.5 Å². The van der Waals surface area contributed by atoms with Crippen molar-refractivity contribution in [3.8, 4) is 78.7 Å². The van der Waals surface area contributed by atoms with Crippen LogP contribution in [0.4, 0.5) is 0 Å². The largest absolute Gasteiger partial charge is 0.208 e. The predicted molar refractivity (Wildman–Crippen MR) is 213 cm³/mol. The zero-order valence-electron chi connectivity index (χ0n) is 29.1. The molecule has 246 valence electrons. The van der Waals surface area contributed by atoms with E-state index in [1.807, 2.05) is 60.7 Å². The summed E-state index contributed by atoms with van der Waals surface area (Å²) in [5, 5.41) is 0. The minimum Gasteiger partial charge on any atom is -0.208 e. The van der Waals surface area contributed by atoms with E-state index in [0.717, 1.165) is 23.1 Å². The fourth-order valence-corrected chi connectivity index (χ4v) is 8.40. The molecule has 0 spiro atoms. The molecular weight excluding hydrogens is 631 g/mol. The van der Waals surface area contributed by atoms with Crippen molar-refractivity contribution >= 4 is 0 Å². The number of fused-ring (bicyclic) bond motifs is 6. The molecule has 0 N–H and O–H groups in total. The van der Waals surface area contributed by atoms with E-state index in [4.69, 9.17) is 15.0 Å². The van der Waals surface area contributed by atoms with Gasteiger partial charge in [0.15, 0.2) is 17.5 Å². The van der Waals surface area contributed by atoms with Gasteiger partial charge in [0, 0.05) is 22.1 Å². The Bertz CT molecular complexity index is 2600. The lowest BCUT2D eigenvalue weighted by Crippen LogP contribution is -2.14. The average Bonchev–Trinajstić information content (AvgIpc) is 3.70. The van der Waals surface area contributed by atoms with Crippen molar-refractivity contribution in [3.63, 3.8) is 0 Å². The second-order valence-electron chi connectivity index (χ2n) is 14.4. The molecule has 1 heterocycles. The SMILES string of the molecule is CC1(C)c2ccccc2-c2cc(-c3cccc4c3Cc3c(-c5ccc(-c6nc(-c7ccccc7)nc(-c7ccccc7)n6)cc5)cccc3-4)ccc21. The fraction of sp³-hybridized carbons (Fsp3) is 0.0816. The number of nitrogens with zero attached hydrogens (tertiary/aromatic N) is 3. The van der Waals surface area contributed by atoms with Crippen LogP contribution in [0.3, 0.4) is 0 Å². The lowest BCUT2D eigenvalue weighted by molar-refractivity contribution is 0.660. The Morgan fingerprint density at radius 2 is 0.769 bits per heavy atom. The summed E-state index contributed by atoms with van der Waals surface area (Å²) in [5.41, 5.74) is 18.9. The van der Waals surface area contributed by atoms with E-state index in [2.05, 4.69) is 117 Å². The summed E-state index contributed by atoms with van der Waals surface area (Å²) in [6.45, 7) is 4.69. The van der Waals surface area contributed by atoms with Crippen LogP contribution < -0.4 is 0 Å². The summed E-state index contributed by atoms with van der Waals surface area (Å²) in [5.74, 6) is 1.99. The average molecular weight is 666 g/mol. The van der Waals surface area contributed by atoms with E-state index < -0.39 is 0 Å². The zero-order valence-corrected chi connectivity index (χ0v) is 29.1. The van der Waals surface area contributed by atoms with Gasteiger partial charge in [-0.25, -0.2) is 15.0 Å². The molecule has 1 aromatic heterocycles. The molecule has 3 heteroatoms. The zero-order chi connectivity index (χ0) is 34.8. The van der Waals surface area contributed by atoms with Crippen LogP contribution in [-0.4, -0.2) is 15.0 Å². The minimum absolute atomic E-state index is 0.00166. The normalized spacial score (nSPS) is 13.3. The highest BCUT2D eigenvalue weighted by Crippen LogP contribution is 2.51. The molecule has 0 amide bonds. The van der Waals surface area contributed by atoms with E-state index in [-0.39, 0.29) is 5.41 Å². The number of hydrogen-bond donors (Lipinski definition) is 0. The van der Waals surface area contributed by atoms with Crippen molar-refractivity contribution < 1.29 is 0 Å². The van der Waals surface area contributed by atoms with Crippen molar-refractivity contribution in [2.45, 2.75) is 25.7 Å². The van der Waals surface area contributed by atoms with Gasteiger partial charge < -0.3 is 0 Å². The molecule has 10 rings (SSSR count). The second kappa shape index (κ2) is 11.8. The highest BCUT2D eigenvalue weighted by atomic mass is 15.0. The van der Waals surface area contributed by atoms with Crippen LogP contribution in [0.5, 0.6) is 0 Å². The Hall–Kier alpha value is -6.45. The monoisotopic (exact) mass is 665 g/mol. The molecule has 0 fully saturated rings. The number of aromatic nitrogens is 3. The number of rotatable bonds is 5. The first-order chi connectivity index (χ1) is 25.5. The molecule has 0 saturated carbocycles. The maximum absolute atomic E-state index is 4.95. The van der Waals surface area contributed by atoms with Gasteiger partial charge in [0.2, 0.25) is 0 Å². The standard InChI is InChI=1S/C49H35N3/c1-49(2)44-22-10-9-17-40(44)43-29-35(27-28-45(43)49)37-19-12-21-39-38-20-11-18-36(41(38)30-42(37)39)31-23-25-34(26-24-31)48-51-46(32-13-5-3-6-14-32)50-47(52-48)33-15-7-4-8-16-33/h3-29H,30H2,1-2H3. The third-order valence-corrected chi connectivity index (χ3v) is 11.0. The molecule has 0 saturated heterocycles. The van der Waals surface area contributed by atoms with E-state index in [1.54, 1.807) is 0 Å². The van der Waals surface area contributed by atoms with Gasteiger partial charge in [-0.1, -0.05) is 172 Å². The van der Waals surface area contributed by atoms with Crippen molar-refractivity contribution in [2.24, 2.45) is 0 Å². The van der Waals surface area contributed by atoms with Crippen LogP contribution in [0.2, 0.25) is 0 Å². The Morgan fingerprint density at radius 3 is 1.37 bits per heavy atom. The van der Waals surface area contributed by atoms with Crippen molar-refractivity contribution in [1.29, 1.82) is 0 Å². The molecule has 0 atom stereocenters. The molecule has 2 aliphatic carbocycles. The Labute approximate surface area is 304 Å². The topological polar surface area (TPSA) is 38.7 Å². The first kappa shape index (κ1) is 30.4. The van der Waals surface area contributed by atoms with Crippen LogP contribution in [0.15, 0.2) is 164 Å². The van der Waals surface area contributed by atoms with Crippen LogP contribution in [0.25, 0.3) is 78.7 Å². The van der Waals surface area contributed by atoms with E-state index in [1.165, 1.54) is 66.8 Å². The van der Waals surface area contributed by atoms with Gasteiger partial charge in [0.1, 0.15) is 0 Å². The Morgan fingerprint density at radius 1 is 0.346 bits per heavy atom.